The SMILES string of the molecule is CCNC(=O)CCNCc1ccccc1O. The van der Waals surface area contributed by atoms with Gasteiger partial charge in [-0.25, -0.2) is 0 Å². The van der Waals surface area contributed by atoms with Crippen LogP contribution in [-0.4, -0.2) is 24.1 Å². The zero-order chi connectivity index (χ0) is 11.8. The molecule has 0 aliphatic heterocycles. The second-order valence-corrected chi connectivity index (χ2v) is 3.51. The molecule has 1 amide bonds. The maximum Gasteiger partial charge on any atom is 0.221 e. The lowest BCUT2D eigenvalue weighted by molar-refractivity contribution is -0.120. The highest BCUT2D eigenvalue weighted by molar-refractivity contribution is 5.75. The number of amides is 1. The lowest BCUT2D eigenvalue weighted by Crippen LogP contribution is -2.27. The van der Waals surface area contributed by atoms with Gasteiger partial charge in [0.1, 0.15) is 5.75 Å². The van der Waals surface area contributed by atoms with E-state index >= 15 is 0 Å². The molecule has 0 unspecified atom stereocenters. The van der Waals surface area contributed by atoms with Gasteiger partial charge in [-0.15, -0.1) is 0 Å². The molecule has 0 spiro atoms. The molecule has 1 aromatic carbocycles. The molecule has 1 aromatic rings. The van der Waals surface area contributed by atoms with Crippen LogP contribution in [0.5, 0.6) is 5.75 Å². The molecule has 0 saturated heterocycles. The Bertz CT molecular complexity index is 340. The van der Waals surface area contributed by atoms with Gasteiger partial charge < -0.3 is 15.7 Å². The number of nitrogens with one attached hydrogen (secondary N) is 2. The number of carbonyl (C=O) groups excluding carboxylic acids is 1. The number of phenolic OH excluding ortho intramolecular Hbond substituents is 1. The van der Waals surface area contributed by atoms with Gasteiger partial charge in [0.05, 0.1) is 0 Å². The van der Waals surface area contributed by atoms with Gasteiger partial charge in [-0.3, -0.25) is 4.79 Å². The van der Waals surface area contributed by atoms with Crippen LogP contribution in [0.25, 0.3) is 0 Å². The number of hydrogen-bond donors (Lipinski definition) is 3. The minimum Gasteiger partial charge on any atom is -0.508 e. The molecule has 0 radical (unpaired) electrons. The maximum atomic E-state index is 11.1. The van der Waals surface area contributed by atoms with E-state index in [-0.39, 0.29) is 11.7 Å². The van der Waals surface area contributed by atoms with E-state index in [1.165, 1.54) is 0 Å². The van der Waals surface area contributed by atoms with Crippen LogP contribution in [0.4, 0.5) is 0 Å². The Morgan fingerprint density at radius 3 is 2.81 bits per heavy atom. The standard InChI is InChI=1S/C12H18N2O2/c1-2-14-12(16)7-8-13-9-10-5-3-4-6-11(10)15/h3-6,13,15H,2,7-9H2,1H3,(H,14,16). The molecule has 0 atom stereocenters. The van der Waals surface area contributed by atoms with E-state index in [0.717, 1.165) is 5.56 Å². The summed E-state index contributed by atoms with van der Waals surface area (Å²) in [6.45, 7) is 3.75. The predicted octanol–water partition coefficient (Wildman–Crippen LogP) is 1.01. The van der Waals surface area contributed by atoms with Crippen LogP contribution in [0.2, 0.25) is 0 Å². The number of para-hydroxylation sites is 1. The van der Waals surface area contributed by atoms with Crippen molar-refractivity contribution in [1.29, 1.82) is 0 Å². The summed E-state index contributed by atoms with van der Waals surface area (Å²) in [6.07, 6.45) is 0.460. The van der Waals surface area contributed by atoms with Gasteiger partial charge in [0, 0.05) is 31.6 Å². The molecule has 0 aliphatic carbocycles. The van der Waals surface area contributed by atoms with Crippen molar-refractivity contribution in [3.05, 3.63) is 29.8 Å². The van der Waals surface area contributed by atoms with Crippen molar-refractivity contribution >= 4 is 5.91 Å². The lowest BCUT2D eigenvalue weighted by atomic mass is 10.2. The van der Waals surface area contributed by atoms with Crippen molar-refractivity contribution in [1.82, 2.24) is 10.6 Å². The quantitative estimate of drug-likeness (QED) is 0.629. The summed E-state index contributed by atoms with van der Waals surface area (Å²) in [4.78, 5) is 11.1. The molecule has 0 bridgehead atoms. The predicted molar refractivity (Wildman–Crippen MR) is 63.1 cm³/mol. The van der Waals surface area contributed by atoms with Crippen molar-refractivity contribution in [3.63, 3.8) is 0 Å². The Labute approximate surface area is 95.7 Å². The van der Waals surface area contributed by atoms with E-state index in [1.54, 1.807) is 12.1 Å². The maximum absolute atomic E-state index is 11.1. The van der Waals surface area contributed by atoms with Crippen molar-refractivity contribution in [3.8, 4) is 5.75 Å². The molecule has 0 aromatic heterocycles. The molecule has 3 N–H and O–H groups in total. The highest BCUT2D eigenvalue weighted by atomic mass is 16.3. The fourth-order valence-corrected chi connectivity index (χ4v) is 1.37. The Kier molecular flexibility index (Phi) is 5.36. The van der Waals surface area contributed by atoms with E-state index < -0.39 is 0 Å². The van der Waals surface area contributed by atoms with E-state index in [2.05, 4.69) is 10.6 Å². The lowest BCUT2D eigenvalue weighted by Gasteiger charge is -2.06. The third-order valence-corrected chi connectivity index (χ3v) is 2.21. The number of hydrogen-bond acceptors (Lipinski definition) is 3. The highest BCUT2D eigenvalue weighted by Crippen LogP contribution is 2.14. The third kappa shape index (κ3) is 4.31. The van der Waals surface area contributed by atoms with Crippen LogP contribution in [0.1, 0.15) is 18.9 Å². The summed E-state index contributed by atoms with van der Waals surface area (Å²) >= 11 is 0. The minimum absolute atomic E-state index is 0.0484. The Balaban J connectivity index is 2.21. The van der Waals surface area contributed by atoms with Crippen LogP contribution < -0.4 is 10.6 Å². The van der Waals surface area contributed by atoms with Crippen molar-refractivity contribution in [2.45, 2.75) is 19.9 Å². The summed E-state index contributed by atoms with van der Waals surface area (Å²) in [5.41, 5.74) is 0.846. The minimum atomic E-state index is 0.0484. The topological polar surface area (TPSA) is 61.4 Å². The van der Waals surface area contributed by atoms with Gasteiger partial charge in [-0.1, -0.05) is 18.2 Å². The molecular weight excluding hydrogens is 204 g/mol. The fraction of sp³-hybridized carbons (Fsp3) is 0.417. The fourth-order valence-electron chi connectivity index (χ4n) is 1.37. The largest absolute Gasteiger partial charge is 0.508 e. The molecule has 4 heteroatoms. The zero-order valence-corrected chi connectivity index (χ0v) is 9.49. The van der Waals surface area contributed by atoms with Crippen LogP contribution in [-0.2, 0) is 11.3 Å². The first-order valence-corrected chi connectivity index (χ1v) is 5.48. The van der Waals surface area contributed by atoms with Crippen LogP contribution in [0.15, 0.2) is 24.3 Å². The van der Waals surface area contributed by atoms with Gasteiger partial charge >= 0.3 is 0 Å². The first-order valence-electron chi connectivity index (χ1n) is 5.48. The molecule has 0 heterocycles. The van der Waals surface area contributed by atoms with E-state index in [0.29, 0.717) is 26.1 Å². The van der Waals surface area contributed by atoms with Gasteiger partial charge in [-0.2, -0.15) is 0 Å². The van der Waals surface area contributed by atoms with E-state index in [9.17, 15) is 9.90 Å². The van der Waals surface area contributed by atoms with E-state index in [4.69, 9.17) is 0 Å². The first kappa shape index (κ1) is 12.5. The van der Waals surface area contributed by atoms with Crippen molar-refractivity contribution < 1.29 is 9.90 Å². The summed E-state index contributed by atoms with van der Waals surface area (Å²) in [7, 11) is 0. The Morgan fingerprint density at radius 1 is 1.38 bits per heavy atom. The summed E-state index contributed by atoms with van der Waals surface area (Å²) in [5, 5.41) is 15.3. The molecule has 88 valence electrons. The average Bonchev–Trinajstić information content (AvgIpc) is 2.27. The first-order chi connectivity index (χ1) is 7.74. The molecule has 4 nitrogen and oxygen atoms in total. The average molecular weight is 222 g/mol. The van der Waals surface area contributed by atoms with Crippen LogP contribution in [0.3, 0.4) is 0 Å². The number of phenols is 1. The Morgan fingerprint density at radius 2 is 2.12 bits per heavy atom. The molecule has 0 aliphatic rings. The second-order valence-electron chi connectivity index (χ2n) is 3.51. The second kappa shape index (κ2) is 6.85. The third-order valence-electron chi connectivity index (χ3n) is 2.21. The molecule has 0 fully saturated rings. The molecule has 16 heavy (non-hydrogen) atoms. The highest BCUT2D eigenvalue weighted by Gasteiger charge is 2.00. The van der Waals surface area contributed by atoms with Gasteiger partial charge in [0.2, 0.25) is 5.91 Å². The number of benzene rings is 1. The summed E-state index contributed by atoms with van der Waals surface area (Å²) < 4.78 is 0. The molecule has 1 rings (SSSR count). The van der Waals surface area contributed by atoms with Gasteiger partial charge in [0.25, 0.3) is 0 Å². The summed E-state index contributed by atoms with van der Waals surface area (Å²) in [5.74, 6) is 0.334. The zero-order valence-electron chi connectivity index (χ0n) is 9.49. The number of aromatic hydroxyl groups is 1. The van der Waals surface area contributed by atoms with Crippen molar-refractivity contribution in [2.24, 2.45) is 0 Å². The summed E-state index contributed by atoms with van der Waals surface area (Å²) in [6, 6.07) is 7.17. The van der Waals surface area contributed by atoms with Crippen molar-refractivity contribution in [2.75, 3.05) is 13.1 Å². The monoisotopic (exact) mass is 222 g/mol. The van der Waals surface area contributed by atoms with Crippen LogP contribution in [0, 0.1) is 0 Å². The number of carbonyl (C=O) groups is 1. The Hall–Kier alpha value is -1.55. The van der Waals surface area contributed by atoms with Gasteiger partial charge in [-0.05, 0) is 13.0 Å². The molecule has 0 saturated carbocycles. The number of rotatable bonds is 6. The van der Waals surface area contributed by atoms with Gasteiger partial charge in [0.15, 0.2) is 0 Å². The van der Waals surface area contributed by atoms with Crippen LogP contribution >= 0.6 is 0 Å². The van der Waals surface area contributed by atoms with E-state index in [1.807, 2.05) is 19.1 Å². The smallest absolute Gasteiger partial charge is 0.221 e. The molecular formula is C12H18N2O2. The normalized spacial score (nSPS) is 10.1.